The van der Waals surface area contributed by atoms with Gasteiger partial charge in [-0.25, -0.2) is 0 Å². The number of hydrogen-bond acceptors (Lipinski definition) is 3. The highest BCUT2D eigenvalue weighted by Crippen LogP contribution is 2.08. The Morgan fingerprint density at radius 2 is 1.85 bits per heavy atom. The van der Waals surface area contributed by atoms with Gasteiger partial charge in [-0.15, -0.1) is 0 Å². The SMILES string of the molecule is CCCN(CC)Cc1ccc(C(=O)NCC(=O)O)cc1. The van der Waals surface area contributed by atoms with Crippen molar-refractivity contribution >= 4 is 11.9 Å². The van der Waals surface area contributed by atoms with Crippen LogP contribution in [0.2, 0.25) is 0 Å². The van der Waals surface area contributed by atoms with Gasteiger partial charge in [-0.1, -0.05) is 26.0 Å². The van der Waals surface area contributed by atoms with Gasteiger partial charge in [0.25, 0.3) is 5.91 Å². The third kappa shape index (κ3) is 5.40. The van der Waals surface area contributed by atoms with E-state index < -0.39 is 5.97 Å². The van der Waals surface area contributed by atoms with Gasteiger partial charge in [-0.2, -0.15) is 0 Å². The number of carboxylic acid groups (broad SMARTS) is 1. The van der Waals surface area contributed by atoms with E-state index in [0.29, 0.717) is 5.56 Å². The lowest BCUT2D eigenvalue weighted by Crippen LogP contribution is -2.29. The third-order valence-electron chi connectivity index (χ3n) is 3.01. The van der Waals surface area contributed by atoms with Crippen molar-refractivity contribution in [1.29, 1.82) is 0 Å². The Hall–Kier alpha value is -1.88. The highest BCUT2D eigenvalue weighted by atomic mass is 16.4. The van der Waals surface area contributed by atoms with Crippen molar-refractivity contribution in [1.82, 2.24) is 10.2 Å². The lowest BCUT2D eigenvalue weighted by atomic mass is 10.1. The minimum Gasteiger partial charge on any atom is -0.480 e. The van der Waals surface area contributed by atoms with E-state index in [0.717, 1.165) is 31.6 Å². The fourth-order valence-electron chi connectivity index (χ4n) is 1.94. The summed E-state index contributed by atoms with van der Waals surface area (Å²) in [6.45, 7) is 6.83. The molecule has 0 aliphatic carbocycles. The van der Waals surface area contributed by atoms with Crippen molar-refractivity contribution in [2.24, 2.45) is 0 Å². The summed E-state index contributed by atoms with van der Waals surface area (Å²) >= 11 is 0. The third-order valence-corrected chi connectivity index (χ3v) is 3.01. The summed E-state index contributed by atoms with van der Waals surface area (Å²) in [6.07, 6.45) is 1.11. The summed E-state index contributed by atoms with van der Waals surface area (Å²) in [5.74, 6) is -1.41. The summed E-state index contributed by atoms with van der Waals surface area (Å²) in [4.78, 5) is 24.4. The molecule has 0 saturated carbocycles. The van der Waals surface area contributed by atoms with Crippen molar-refractivity contribution in [2.75, 3.05) is 19.6 Å². The molecule has 1 aromatic carbocycles. The predicted octanol–water partition coefficient (Wildman–Crippen LogP) is 1.73. The normalized spacial score (nSPS) is 10.6. The zero-order valence-electron chi connectivity index (χ0n) is 12.1. The molecular formula is C15H22N2O3. The van der Waals surface area contributed by atoms with E-state index in [2.05, 4.69) is 24.1 Å². The number of rotatable bonds is 8. The van der Waals surface area contributed by atoms with Gasteiger partial charge in [-0.05, 0) is 37.2 Å². The van der Waals surface area contributed by atoms with Crippen LogP contribution in [-0.2, 0) is 11.3 Å². The molecule has 0 aliphatic rings. The molecule has 2 N–H and O–H groups in total. The fourth-order valence-corrected chi connectivity index (χ4v) is 1.94. The Kier molecular flexibility index (Phi) is 6.73. The first-order valence-electron chi connectivity index (χ1n) is 6.88. The van der Waals surface area contributed by atoms with E-state index in [4.69, 9.17) is 5.11 Å². The monoisotopic (exact) mass is 278 g/mol. The first-order chi connectivity index (χ1) is 9.56. The lowest BCUT2D eigenvalue weighted by Gasteiger charge is -2.19. The van der Waals surface area contributed by atoms with Crippen molar-refractivity contribution in [3.63, 3.8) is 0 Å². The number of aliphatic carboxylic acids is 1. The van der Waals surface area contributed by atoms with Gasteiger partial charge in [0.05, 0.1) is 0 Å². The van der Waals surface area contributed by atoms with Crippen LogP contribution in [0.15, 0.2) is 24.3 Å². The van der Waals surface area contributed by atoms with Crippen LogP contribution in [-0.4, -0.2) is 41.5 Å². The van der Waals surface area contributed by atoms with E-state index in [9.17, 15) is 9.59 Å². The molecular weight excluding hydrogens is 256 g/mol. The average molecular weight is 278 g/mol. The summed E-state index contributed by atoms with van der Waals surface area (Å²) in [7, 11) is 0. The molecule has 0 fully saturated rings. The largest absolute Gasteiger partial charge is 0.480 e. The molecule has 0 aromatic heterocycles. The Morgan fingerprint density at radius 1 is 1.20 bits per heavy atom. The number of hydrogen-bond donors (Lipinski definition) is 2. The first-order valence-corrected chi connectivity index (χ1v) is 6.88. The highest BCUT2D eigenvalue weighted by Gasteiger charge is 2.08. The summed E-state index contributed by atoms with van der Waals surface area (Å²) < 4.78 is 0. The van der Waals surface area contributed by atoms with Gasteiger partial charge < -0.3 is 10.4 Å². The number of nitrogens with zero attached hydrogens (tertiary/aromatic N) is 1. The Balaban J connectivity index is 2.59. The van der Waals surface area contributed by atoms with Crippen LogP contribution in [0, 0.1) is 0 Å². The van der Waals surface area contributed by atoms with Gasteiger partial charge in [-0.3, -0.25) is 14.5 Å². The minimum absolute atomic E-state index is 0.360. The summed E-state index contributed by atoms with van der Waals surface area (Å²) in [5.41, 5.74) is 1.63. The molecule has 5 heteroatoms. The number of carbonyl (C=O) groups is 2. The maximum Gasteiger partial charge on any atom is 0.322 e. The molecule has 0 spiro atoms. The van der Waals surface area contributed by atoms with Crippen LogP contribution in [0.3, 0.4) is 0 Å². The standard InChI is InChI=1S/C15H22N2O3/c1-3-9-17(4-2)11-12-5-7-13(8-6-12)15(20)16-10-14(18)19/h5-8H,3-4,9-11H2,1-2H3,(H,16,20)(H,18,19). The van der Waals surface area contributed by atoms with Crippen molar-refractivity contribution < 1.29 is 14.7 Å². The average Bonchev–Trinajstić information content (AvgIpc) is 2.45. The zero-order valence-corrected chi connectivity index (χ0v) is 12.1. The van der Waals surface area contributed by atoms with Gasteiger partial charge in [0.2, 0.25) is 0 Å². The van der Waals surface area contributed by atoms with Crippen molar-refractivity contribution in [3.05, 3.63) is 35.4 Å². The molecule has 5 nitrogen and oxygen atoms in total. The molecule has 0 heterocycles. The van der Waals surface area contributed by atoms with E-state index in [-0.39, 0.29) is 12.5 Å². The van der Waals surface area contributed by atoms with Gasteiger partial charge in [0, 0.05) is 12.1 Å². The predicted molar refractivity (Wildman–Crippen MR) is 77.7 cm³/mol. The van der Waals surface area contributed by atoms with E-state index in [1.54, 1.807) is 12.1 Å². The number of amides is 1. The highest BCUT2D eigenvalue weighted by molar-refractivity contribution is 5.95. The number of carbonyl (C=O) groups excluding carboxylic acids is 1. The van der Waals surface area contributed by atoms with Crippen molar-refractivity contribution in [2.45, 2.75) is 26.8 Å². The summed E-state index contributed by atoms with van der Waals surface area (Å²) in [5, 5.41) is 10.9. The molecule has 0 saturated heterocycles. The van der Waals surface area contributed by atoms with Gasteiger partial charge >= 0.3 is 5.97 Å². The van der Waals surface area contributed by atoms with E-state index in [1.807, 2.05) is 12.1 Å². The Bertz CT molecular complexity index is 443. The fraction of sp³-hybridized carbons (Fsp3) is 0.467. The molecule has 0 atom stereocenters. The number of nitrogens with one attached hydrogen (secondary N) is 1. The van der Waals surface area contributed by atoms with Crippen LogP contribution < -0.4 is 5.32 Å². The van der Waals surface area contributed by atoms with Crippen LogP contribution in [0.25, 0.3) is 0 Å². The minimum atomic E-state index is -1.05. The Morgan fingerprint density at radius 3 is 2.35 bits per heavy atom. The second-order valence-electron chi connectivity index (χ2n) is 4.64. The maximum atomic E-state index is 11.7. The molecule has 1 rings (SSSR count). The molecule has 110 valence electrons. The zero-order chi connectivity index (χ0) is 15.0. The molecule has 0 radical (unpaired) electrons. The second-order valence-corrected chi connectivity index (χ2v) is 4.64. The smallest absolute Gasteiger partial charge is 0.322 e. The molecule has 0 bridgehead atoms. The summed E-state index contributed by atoms with van der Waals surface area (Å²) in [6, 6.07) is 7.28. The van der Waals surface area contributed by atoms with E-state index in [1.165, 1.54) is 0 Å². The molecule has 0 aliphatic heterocycles. The van der Waals surface area contributed by atoms with Crippen LogP contribution in [0.5, 0.6) is 0 Å². The quantitative estimate of drug-likeness (QED) is 0.760. The van der Waals surface area contributed by atoms with Gasteiger partial charge in [0.1, 0.15) is 6.54 Å². The second kappa shape index (κ2) is 8.32. The Labute approximate surface area is 119 Å². The molecule has 0 unspecified atom stereocenters. The first kappa shape index (κ1) is 16.2. The molecule has 1 amide bonds. The van der Waals surface area contributed by atoms with Crippen LogP contribution in [0.4, 0.5) is 0 Å². The number of carboxylic acids is 1. The van der Waals surface area contributed by atoms with Crippen LogP contribution >= 0.6 is 0 Å². The van der Waals surface area contributed by atoms with Gasteiger partial charge in [0.15, 0.2) is 0 Å². The topological polar surface area (TPSA) is 69.6 Å². The maximum absolute atomic E-state index is 11.7. The van der Waals surface area contributed by atoms with E-state index >= 15 is 0 Å². The number of benzene rings is 1. The van der Waals surface area contributed by atoms with Crippen molar-refractivity contribution in [3.8, 4) is 0 Å². The molecule has 20 heavy (non-hydrogen) atoms. The lowest BCUT2D eigenvalue weighted by molar-refractivity contribution is -0.135. The molecule has 1 aromatic rings. The van der Waals surface area contributed by atoms with Crippen LogP contribution in [0.1, 0.15) is 36.2 Å².